The standard InChI is InChI=1S/C22H19O4P/c1-25-16-12-13-21-19(14-16)20(23)15-22(26-21)27(24,17-8-4-2-5-9-17)18-10-6-3-7-11-18/h2-14,22H,15H2,1H3. The highest BCUT2D eigenvalue weighted by Crippen LogP contribution is 2.52. The summed E-state index contributed by atoms with van der Waals surface area (Å²) in [5, 5.41) is 1.37. The van der Waals surface area contributed by atoms with Gasteiger partial charge in [0, 0.05) is 10.6 Å². The van der Waals surface area contributed by atoms with Gasteiger partial charge in [-0.3, -0.25) is 4.79 Å². The number of methoxy groups -OCH3 is 1. The summed E-state index contributed by atoms with van der Waals surface area (Å²) in [6.07, 6.45) is 0.0568. The fraction of sp³-hybridized carbons (Fsp3) is 0.136. The van der Waals surface area contributed by atoms with Crippen molar-refractivity contribution in [1.29, 1.82) is 0 Å². The third kappa shape index (κ3) is 3.07. The first-order valence-electron chi connectivity index (χ1n) is 8.72. The molecule has 0 amide bonds. The number of hydrogen-bond acceptors (Lipinski definition) is 4. The van der Waals surface area contributed by atoms with Gasteiger partial charge in [-0.2, -0.15) is 0 Å². The first-order valence-corrected chi connectivity index (χ1v) is 10.5. The zero-order chi connectivity index (χ0) is 18.9. The lowest BCUT2D eigenvalue weighted by atomic mass is 10.0. The quantitative estimate of drug-likeness (QED) is 0.644. The molecule has 0 aromatic heterocycles. The number of fused-ring (bicyclic) bond motifs is 1. The van der Waals surface area contributed by atoms with Crippen molar-refractivity contribution in [1.82, 2.24) is 0 Å². The Bertz CT molecular complexity index is 971. The van der Waals surface area contributed by atoms with Crippen LogP contribution in [0.15, 0.2) is 78.9 Å². The van der Waals surface area contributed by atoms with Gasteiger partial charge in [0.2, 0.25) is 0 Å². The second kappa shape index (κ2) is 7.05. The molecule has 0 N–H and O–H groups in total. The molecule has 3 aromatic rings. The maximum absolute atomic E-state index is 14.3. The van der Waals surface area contributed by atoms with Crippen molar-refractivity contribution < 1.29 is 18.8 Å². The maximum Gasteiger partial charge on any atom is 0.182 e. The van der Waals surface area contributed by atoms with Gasteiger partial charge < -0.3 is 14.0 Å². The summed E-state index contributed by atoms with van der Waals surface area (Å²) in [5.74, 6) is 0.213. The van der Waals surface area contributed by atoms with Crippen LogP contribution in [0.4, 0.5) is 0 Å². The lowest BCUT2D eigenvalue weighted by Crippen LogP contribution is -2.34. The number of carbonyl (C=O) groups is 1. The summed E-state index contributed by atoms with van der Waals surface area (Å²) in [6, 6.07) is 23.7. The Hall–Kier alpha value is -2.84. The third-order valence-corrected chi connectivity index (χ3v) is 8.02. The minimum Gasteiger partial charge on any atom is -0.497 e. The van der Waals surface area contributed by atoms with Crippen LogP contribution in [-0.2, 0) is 4.57 Å². The average molecular weight is 378 g/mol. The molecule has 1 aliphatic heterocycles. The second-order valence-electron chi connectivity index (χ2n) is 6.39. The van der Waals surface area contributed by atoms with Crippen LogP contribution in [0.2, 0.25) is 0 Å². The lowest BCUT2D eigenvalue weighted by Gasteiger charge is -2.32. The molecule has 1 aliphatic rings. The smallest absolute Gasteiger partial charge is 0.182 e. The van der Waals surface area contributed by atoms with Crippen molar-refractivity contribution in [2.45, 2.75) is 12.3 Å². The van der Waals surface area contributed by atoms with Gasteiger partial charge in [0.1, 0.15) is 11.5 Å². The van der Waals surface area contributed by atoms with E-state index >= 15 is 0 Å². The monoisotopic (exact) mass is 378 g/mol. The van der Waals surface area contributed by atoms with Gasteiger partial charge in [0.25, 0.3) is 0 Å². The molecule has 1 unspecified atom stereocenters. The van der Waals surface area contributed by atoms with Gasteiger partial charge in [-0.25, -0.2) is 0 Å². The van der Waals surface area contributed by atoms with E-state index in [-0.39, 0.29) is 12.2 Å². The van der Waals surface area contributed by atoms with Crippen molar-refractivity contribution in [3.05, 3.63) is 84.4 Å². The number of Topliss-reactive ketones (excluding diaryl/α,β-unsaturated/α-hetero) is 1. The number of rotatable bonds is 4. The number of benzene rings is 3. The molecular formula is C22H19O4P. The van der Waals surface area contributed by atoms with Crippen molar-refractivity contribution in [3.63, 3.8) is 0 Å². The highest BCUT2D eigenvalue weighted by atomic mass is 31.2. The zero-order valence-corrected chi connectivity index (χ0v) is 15.8. The Morgan fingerprint density at radius 2 is 1.52 bits per heavy atom. The van der Waals surface area contributed by atoms with E-state index in [1.807, 2.05) is 60.7 Å². The first-order chi connectivity index (χ1) is 13.1. The molecule has 4 nitrogen and oxygen atoms in total. The summed E-state index contributed by atoms with van der Waals surface area (Å²) in [6.45, 7) is 0. The van der Waals surface area contributed by atoms with E-state index in [9.17, 15) is 9.36 Å². The van der Waals surface area contributed by atoms with Crippen LogP contribution >= 0.6 is 7.14 Å². The van der Waals surface area contributed by atoms with E-state index < -0.39 is 13.0 Å². The van der Waals surface area contributed by atoms with E-state index in [1.165, 1.54) is 0 Å². The average Bonchev–Trinajstić information content (AvgIpc) is 2.74. The van der Waals surface area contributed by atoms with E-state index in [4.69, 9.17) is 9.47 Å². The summed E-state index contributed by atoms with van der Waals surface area (Å²) in [5.41, 5.74) is 0.471. The minimum absolute atomic E-state index is 0.0568. The fourth-order valence-corrected chi connectivity index (χ4v) is 6.28. The zero-order valence-electron chi connectivity index (χ0n) is 14.9. The van der Waals surface area contributed by atoms with Crippen LogP contribution in [0.3, 0.4) is 0 Å². The molecule has 0 radical (unpaired) electrons. The summed E-state index contributed by atoms with van der Waals surface area (Å²) >= 11 is 0. The van der Waals surface area contributed by atoms with Gasteiger partial charge in [-0.05, 0) is 18.2 Å². The molecule has 1 heterocycles. The second-order valence-corrected chi connectivity index (χ2v) is 9.32. The molecule has 27 heavy (non-hydrogen) atoms. The molecule has 0 fully saturated rings. The van der Waals surface area contributed by atoms with Crippen LogP contribution in [0.1, 0.15) is 16.8 Å². The maximum atomic E-state index is 14.3. The normalized spacial score (nSPS) is 16.3. The van der Waals surface area contributed by atoms with Gasteiger partial charge in [0.15, 0.2) is 18.8 Å². The number of hydrogen-bond donors (Lipinski definition) is 0. The van der Waals surface area contributed by atoms with Crippen molar-refractivity contribution in [3.8, 4) is 11.5 Å². The Morgan fingerprint density at radius 1 is 0.926 bits per heavy atom. The molecule has 0 bridgehead atoms. The summed E-state index contributed by atoms with van der Waals surface area (Å²) in [7, 11) is -1.63. The van der Waals surface area contributed by atoms with Crippen molar-refractivity contribution in [2.75, 3.05) is 7.11 Å². The highest BCUT2D eigenvalue weighted by molar-refractivity contribution is 7.79. The van der Waals surface area contributed by atoms with Crippen LogP contribution in [0.5, 0.6) is 11.5 Å². The van der Waals surface area contributed by atoms with Crippen molar-refractivity contribution >= 4 is 23.5 Å². The Balaban J connectivity index is 1.83. The minimum atomic E-state index is -3.19. The largest absolute Gasteiger partial charge is 0.497 e. The molecule has 0 saturated heterocycles. The summed E-state index contributed by atoms with van der Waals surface area (Å²) in [4.78, 5) is 12.8. The van der Waals surface area contributed by atoms with E-state index in [0.717, 1.165) is 0 Å². The highest BCUT2D eigenvalue weighted by Gasteiger charge is 2.42. The lowest BCUT2D eigenvalue weighted by molar-refractivity contribution is 0.0911. The fourth-order valence-electron chi connectivity index (χ4n) is 3.40. The number of ketones is 1. The summed E-state index contributed by atoms with van der Waals surface area (Å²) < 4.78 is 25.7. The topological polar surface area (TPSA) is 52.6 Å². The van der Waals surface area contributed by atoms with Gasteiger partial charge in [0.05, 0.1) is 19.1 Å². The van der Waals surface area contributed by atoms with Crippen LogP contribution in [-0.4, -0.2) is 18.7 Å². The van der Waals surface area contributed by atoms with E-state index in [1.54, 1.807) is 25.3 Å². The van der Waals surface area contributed by atoms with Crippen LogP contribution in [0.25, 0.3) is 0 Å². The van der Waals surface area contributed by atoms with Gasteiger partial charge in [-0.15, -0.1) is 0 Å². The molecule has 1 atom stereocenters. The molecular weight excluding hydrogens is 359 g/mol. The SMILES string of the molecule is COc1ccc2c(c1)C(=O)CC(P(=O)(c1ccccc1)c1ccccc1)O2. The molecule has 136 valence electrons. The Morgan fingerprint density at radius 3 is 2.07 bits per heavy atom. The Kier molecular flexibility index (Phi) is 4.59. The molecule has 0 spiro atoms. The molecule has 0 saturated carbocycles. The van der Waals surface area contributed by atoms with Crippen molar-refractivity contribution in [2.24, 2.45) is 0 Å². The van der Waals surface area contributed by atoms with E-state index in [2.05, 4.69) is 0 Å². The van der Waals surface area contributed by atoms with Crippen LogP contribution < -0.4 is 20.1 Å². The predicted molar refractivity (Wildman–Crippen MR) is 106 cm³/mol. The Labute approximate surface area is 158 Å². The van der Waals surface area contributed by atoms with Crippen LogP contribution in [0, 0.1) is 0 Å². The third-order valence-electron chi connectivity index (χ3n) is 4.80. The van der Waals surface area contributed by atoms with E-state index in [0.29, 0.717) is 27.7 Å². The first kappa shape index (κ1) is 17.6. The number of ether oxygens (including phenoxy) is 2. The molecule has 5 heteroatoms. The van der Waals surface area contributed by atoms with Gasteiger partial charge in [-0.1, -0.05) is 60.7 Å². The molecule has 3 aromatic carbocycles. The molecule has 4 rings (SSSR count). The predicted octanol–water partition coefficient (Wildman–Crippen LogP) is 4.00. The number of carbonyl (C=O) groups excluding carboxylic acids is 1. The molecule has 0 aliphatic carbocycles. The van der Waals surface area contributed by atoms with Gasteiger partial charge >= 0.3 is 0 Å².